The standard InChI is InChI=1S/C28H22N4O2S3/c29-26-23-21-15-22(18-7-3-1-4-8-18)36-24(19-9-5-2-6-10-19)25(21)37-27(23)31-28(30-26)35-16-17-11-13-20(14-12-17)32(33)34/h1-14,22,24H,15-16H2,(H2,29,30,31). The van der Waals surface area contributed by atoms with E-state index in [1.807, 2.05) is 11.8 Å². The topological polar surface area (TPSA) is 94.9 Å². The summed E-state index contributed by atoms with van der Waals surface area (Å²) in [4.78, 5) is 22.3. The molecule has 6 nitrogen and oxygen atoms in total. The Hall–Kier alpha value is -3.40. The first kappa shape index (κ1) is 24.0. The summed E-state index contributed by atoms with van der Waals surface area (Å²) < 4.78 is 0. The number of nitrogens with zero attached hydrogens (tertiary/aromatic N) is 3. The smallest absolute Gasteiger partial charge is 0.269 e. The molecule has 2 aromatic heterocycles. The number of non-ortho nitro benzene ring substituents is 1. The highest BCUT2D eigenvalue weighted by molar-refractivity contribution is 8.00. The van der Waals surface area contributed by atoms with Gasteiger partial charge in [-0.05, 0) is 28.7 Å². The largest absolute Gasteiger partial charge is 0.383 e. The van der Waals surface area contributed by atoms with Crippen molar-refractivity contribution in [3.63, 3.8) is 0 Å². The lowest BCUT2D eigenvalue weighted by atomic mass is 9.98. The number of thioether (sulfide) groups is 2. The number of nitro groups is 1. The van der Waals surface area contributed by atoms with Crippen molar-refractivity contribution < 1.29 is 4.92 Å². The lowest BCUT2D eigenvalue weighted by molar-refractivity contribution is -0.384. The van der Waals surface area contributed by atoms with E-state index in [9.17, 15) is 10.1 Å². The van der Waals surface area contributed by atoms with E-state index in [0.29, 0.717) is 22.0 Å². The monoisotopic (exact) mass is 542 g/mol. The second kappa shape index (κ2) is 10.2. The molecule has 184 valence electrons. The molecule has 3 aromatic carbocycles. The Labute approximate surface area is 226 Å². The summed E-state index contributed by atoms with van der Waals surface area (Å²) in [6, 6.07) is 27.8. The lowest BCUT2D eigenvalue weighted by Gasteiger charge is -2.30. The minimum atomic E-state index is -0.392. The first-order valence-corrected chi connectivity index (χ1v) is 14.5. The summed E-state index contributed by atoms with van der Waals surface area (Å²) >= 11 is 5.19. The summed E-state index contributed by atoms with van der Waals surface area (Å²) in [5, 5.41) is 13.0. The van der Waals surface area contributed by atoms with Gasteiger partial charge in [0, 0.05) is 28.0 Å². The van der Waals surface area contributed by atoms with Gasteiger partial charge in [-0.15, -0.1) is 23.1 Å². The number of thiophene rings is 1. The quantitative estimate of drug-likeness (QED) is 0.102. The van der Waals surface area contributed by atoms with Gasteiger partial charge >= 0.3 is 0 Å². The van der Waals surface area contributed by atoms with Crippen LogP contribution in [0.4, 0.5) is 11.5 Å². The SMILES string of the molecule is Nc1nc(SCc2ccc([N+](=O)[O-])cc2)nc2sc3c(c12)CC(c1ccccc1)SC3c1ccccc1. The van der Waals surface area contributed by atoms with E-state index < -0.39 is 4.92 Å². The predicted molar refractivity (Wildman–Crippen MR) is 153 cm³/mol. The van der Waals surface area contributed by atoms with Gasteiger partial charge in [0.2, 0.25) is 0 Å². The highest BCUT2D eigenvalue weighted by Gasteiger charge is 2.34. The number of anilines is 1. The van der Waals surface area contributed by atoms with E-state index in [1.165, 1.54) is 45.5 Å². The third-order valence-electron chi connectivity index (χ3n) is 6.41. The van der Waals surface area contributed by atoms with Crippen molar-refractivity contribution in [2.75, 3.05) is 5.73 Å². The van der Waals surface area contributed by atoms with Crippen LogP contribution in [0.1, 0.15) is 37.6 Å². The average Bonchev–Trinajstić information content (AvgIpc) is 3.31. The van der Waals surface area contributed by atoms with Crippen LogP contribution in [0, 0.1) is 10.1 Å². The fraction of sp³-hybridized carbons (Fsp3) is 0.143. The normalized spacial score (nSPS) is 17.0. The van der Waals surface area contributed by atoms with Crippen LogP contribution in [-0.4, -0.2) is 14.9 Å². The summed E-state index contributed by atoms with van der Waals surface area (Å²) in [6.07, 6.45) is 0.885. The molecule has 2 N–H and O–H groups in total. The van der Waals surface area contributed by atoms with E-state index in [4.69, 9.17) is 10.7 Å². The maximum Gasteiger partial charge on any atom is 0.269 e. The van der Waals surface area contributed by atoms with Gasteiger partial charge in [0.15, 0.2) is 5.16 Å². The van der Waals surface area contributed by atoms with Crippen molar-refractivity contribution in [1.82, 2.24) is 9.97 Å². The van der Waals surface area contributed by atoms with Gasteiger partial charge in [0.1, 0.15) is 10.6 Å². The van der Waals surface area contributed by atoms with Crippen molar-refractivity contribution >= 4 is 56.6 Å². The molecule has 2 unspecified atom stereocenters. The van der Waals surface area contributed by atoms with E-state index in [-0.39, 0.29) is 10.9 Å². The molecule has 3 heterocycles. The Balaban J connectivity index is 1.35. The van der Waals surface area contributed by atoms with Gasteiger partial charge in [0.25, 0.3) is 5.69 Å². The van der Waals surface area contributed by atoms with Crippen LogP contribution in [0.2, 0.25) is 0 Å². The zero-order valence-electron chi connectivity index (χ0n) is 19.6. The predicted octanol–water partition coefficient (Wildman–Crippen LogP) is 7.59. The molecule has 0 fully saturated rings. The Morgan fingerprint density at radius 3 is 2.30 bits per heavy atom. The third kappa shape index (κ3) is 4.82. The first-order chi connectivity index (χ1) is 18.1. The number of rotatable bonds is 6. The van der Waals surface area contributed by atoms with Crippen molar-refractivity contribution in [3.8, 4) is 0 Å². The molecule has 0 bridgehead atoms. The zero-order chi connectivity index (χ0) is 25.4. The molecule has 0 radical (unpaired) electrons. The summed E-state index contributed by atoms with van der Waals surface area (Å²) in [6.45, 7) is 0. The number of hydrogen-bond acceptors (Lipinski definition) is 8. The Morgan fingerprint density at radius 2 is 1.62 bits per heavy atom. The van der Waals surface area contributed by atoms with Crippen LogP contribution in [-0.2, 0) is 12.2 Å². The maximum absolute atomic E-state index is 10.9. The second-order valence-corrected chi connectivity index (χ2v) is 12.0. The third-order valence-corrected chi connectivity index (χ3v) is 10.2. The Kier molecular flexibility index (Phi) is 6.58. The van der Waals surface area contributed by atoms with Gasteiger partial charge in [-0.1, -0.05) is 84.6 Å². The number of nitrogen functional groups attached to an aromatic ring is 1. The summed E-state index contributed by atoms with van der Waals surface area (Å²) in [7, 11) is 0. The Morgan fingerprint density at radius 1 is 0.946 bits per heavy atom. The number of nitrogens with two attached hydrogens (primary N) is 1. The summed E-state index contributed by atoms with van der Waals surface area (Å²) in [5.41, 5.74) is 11.5. The van der Waals surface area contributed by atoms with Crippen molar-refractivity contribution in [1.29, 1.82) is 0 Å². The molecule has 1 aliphatic rings. The lowest BCUT2D eigenvalue weighted by Crippen LogP contribution is -2.12. The van der Waals surface area contributed by atoms with Crippen LogP contribution >= 0.6 is 34.9 Å². The minimum absolute atomic E-state index is 0.0828. The molecule has 5 aromatic rings. The van der Waals surface area contributed by atoms with Gasteiger partial charge < -0.3 is 5.73 Å². The van der Waals surface area contributed by atoms with Gasteiger partial charge in [-0.25, -0.2) is 9.97 Å². The van der Waals surface area contributed by atoms with E-state index in [1.54, 1.807) is 23.5 Å². The molecular formula is C28H22N4O2S3. The highest BCUT2D eigenvalue weighted by atomic mass is 32.2. The van der Waals surface area contributed by atoms with Gasteiger partial charge in [-0.2, -0.15) is 0 Å². The number of benzene rings is 3. The molecule has 2 atom stereocenters. The average molecular weight is 543 g/mol. The van der Waals surface area contributed by atoms with E-state index in [0.717, 1.165) is 22.2 Å². The van der Waals surface area contributed by atoms with Crippen LogP contribution in [0.25, 0.3) is 10.2 Å². The highest BCUT2D eigenvalue weighted by Crippen LogP contribution is 2.55. The van der Waals surface area contributed by atoms with E-state index >= 15 is 0 Å². The van der Waals surface area contributed by atoms with Crippen LogP contribution in [0.15, 0.2) is 90.1 Å². The minimum Gasteiger partial charge on any atom is -0.383 e. The van der Waals surface area contributed by atoms with Crippen LogP contribution in [0.3, 0.4) is 0 Å². The molecule has 6 rings (SSSR count). The fourth-order valence-corrected chi connectivity index (χ4v) is 8.49. The maximum atomic E-state index is 10.9. The number of fused-ring (bicyclic) bond motifs is 3. The van der Waals surface area contributed by atoms with Crippen molar-refractivity contribution in [2.45, 2.75) is 27.8 Å². The molecule has 0 amide bonds. The molecule has 0 aliphatic carbocycles. The first-order valence-electron chi connectivity index (χ1n) is 11.8. The fourth-order valence-electron chi connectivity index (χ4n) is 4.60. The molecular weight excluding hydrogens is 521 g/mol. The Bertz CT molecular complexity index is 1570. The van der Waals surface area contributed by atoms with E-state index in [2.05, 4.69) is 65.6 Å². The molecule has 9 heteroatoms. The molecule has 37 heavy (non-hydrogen) atoms. The molecule has 0 saturated carbocycles. The molecule has 1 aliphatic heterocycles. The zero-order valence-corrected chi connectivity index (χ0v) is 22.1. The number of hydrogen-bond donors (Lipinski definition) is 1. The van der Waals surface area contributed by atoms with Crippen molar-refractivity contribution in [3.05, 3.63) is 122 Å². The van der Waals surface area contributed by atoms with Crippen molar-refractivity contribution in [2.24, 2.45) is 0 Å². The number of nitro benzene ring substituents is 1. The summed E-state index contributed by atoms with van der Waals surface area (Å²) in [5.74, 6) is 1.12. The van der Waals surface area contributed by atoms with Gasteiger partial charge in [-0.3, -0.25) is 10.1 Å². The second-order valence-electron chi connectivity index (χ2n) is 8.76. The van der Waals surface area contributed by atoms with Crippen LogP contribution in [0.5, 0.6) is 0 Å². The van der Waals surface area contributed by atoms with Gasteiger partial charge in [0.05, 0.1) is 15.6 Å². The van der Waals surface area contributed by atoms with Crippen LogP contribution < -0.4 is 5.73 Å². The number of aromatic nitrogens is 2. The molecule has 0 saturated heterocycles. The molecule has 0 spiro atoms.